The SMILES string of the molecule is Cc1ccc(-c2nc3n(c2C=O)CCCN3)cc1C. The lowest BCUT2D eigenvalue weighted by molar-refractivity contribution is 0.111. The molecule has 0 amide bonds. The van der Waals surface area contributed by atoms with Gasteiger partial charge in [0.2, 0.25) is 5.95 Å². The number of hydrogen-bond acceptors (Lipinski definition) is 3. The molecule has 0 aliphatic carbocycles. The normalized spacial score (nSPS) is 13.8. The van der Waals surface area contributed by atoms with E-state index in [9.17, 15) is 4.79 Å². The molecule has 0 radical (unpaired) electrons. The minimum Gasteiger partial charge on any atom is -0.356 e. The molecule has 0 saturated heterocycles. The number of aldehydes is 1. The number of aromatic nitrogens is 2. The fourth-order valence-electron chi connectivity index (χ4n) is 2.48. The molecule has 2 aromatic rings. The van der Waals surface area contributed by atoms with E-state index in [1.807, 2.05) is 10.6 Å². The van der Waals surface area contributed by atoms with Crippen molar-refractivity contribution in [2.24, 2.45) is 0 Å². The third-order valence-electron chi connectivity index (χ3n) is 3.74. The first kappa shape index (κ1) is 12.0. The highest BCUT2D eigenvalue weighted by Crippen LogP contribution is 2.28. The number of benzene rings is 1. The van der Waals surface area contributed by atoms with E-state index < -0.39 is 0 Å². The van der Waals surface area contributed by atoms with Gasteiger partial charge in [0.15, 0.2) is 6.29 Å². The number of nitrogens with one attached hydrogen (secondary N) is 1. The average Bonchev–Trinajstić information content (AvgIpc) is 2.80. The molecule has 1 aromatic heterocycles. The Morgan fingerprint density at radius 3 is 2.89 bits per heavy atom. The largest absolute Gasteiger partial charge is 0.356 e. The van der Waals surface area contributed by atoms with Crippen LogP contribution in [0.15, 0.2) is 18.2 Å². The molecule has 98 valence electrons. The van der Waals surface area contributed by atoms with Crippen molar-refractivity contribution in [2.75, 3.05) is 11.9 Å². The van der Waals surface area contributed by atoms with Gasteiger partial charge in [0.1, 0.15) is 11.4 Å². The Bertz CT molecular complexity index is 643. The fraction of sp³-hybridized carbons (Fsp3) is 0.333. The highest BCUT2D eigenvalue weighted by Gasteiger charge is 2.20. The summed E-state index contributed by atoms with van der Waals surface area (Å²) in [5, 5.41) is 3.25. The van der Waals surface area contributed by atoms with Gasteiger partial charge in [0.25, 0.3) is 0 Å². The van der Waals surface area contributed by atoms with Gasteiger partial charge < -0.3 is 9.88 Å². The van der Waals surface area contributed by atoms with Crippen molar-refractivity contribution in [2.45, 2.75) is 26.8 Å². The van der Waals surface area contributed by atoms with Gasteiger partial charge in [-0.05, 0) is 37.5 Å². The van der Waals surface area contributed by atoms with Crippen LogP contribution in [0.25, 0.3) is 11.3 Å². The molecule has 0 fully saturated rings. The lowest BCUT2D eigenvalue weighted by Crippen LogP contribution is -2.18. The Morgan fingerprint density at radius 2 is 2.16 bits per heavy atom. The van der Waals surface area contributed by atoms with Crippen molar-refractivity contribution >= 4 is 12.2 Å². The average molecular weight is 255 g/mol. The van der Waals surface area contributed by atoms with Crippen molar-refractivity contribution in [3.63, 3.8) is 0 Å². The molecule has 4 heteroatoms. The lowest BCUT2D eigenvalue weighted by atomic mass is 10.0. The van der Waals surface area contributed by atoms with E-state index in [0.717, 1.165) is 43.0 Å². The summed E-state index contributed by atoms with van der Waals surface area (Å²) in [6.45, 7) is 5.93. The summed E-state index contributed by atoms with van der Waals surface area (Å²) < 4.78 is 1.97. The summed E-state index contributed by atoms with van der Waals surface area (Å²) in [5.74, 6) is 0.807. The van der Waals surface area contributed by atoms with Crippen LogP contribution in [0.3, 0.4) is 0 Å². The number of rotatable bonds is 2. The zero-order chi connectivity index (χ0) is 13.4. The molecule has 19 heavy (non-hydrogen) atoms. The Morgan fingerprint density at radius 1 is 1.32 bits per heavy atom. The van der Waals surface area contributed by atoms with Crippen LogP contribution in [0.1, 0.15) is 28.0 Å². The van der Waals surface area contributed by atoms with Gasteiger partial charge in [-0.15, -0.1) is 0 Å². The van der Waals surface area contributed by atoms with Crippen LogP contribution in [-0.2, 0) is 6.54 Å². The summed E-state index contributed by atoms with van der Waals surface area (Å²) in [6, 6.07) is 6.20. The smallest absolute Gasteiger partial charge is 0.203 e. The van der Waals surface area contributed by atoms with E-state index >= 15 is 0 Å². The molecule has 0 atom stereocenters. The topological polar surface area (TPSA) is 46.9 Å². The van der Waals surface area contributed by atoms with Crippen LogP contribution in [-0.4, -0.2) is 22.4 Å². The van der Waals surface area contributed by atoms with Crippen molar-refractivity contribution in [3.8, 4) is 11.3 Å². The number of nitrogens with zero attached hydrogens (tertiary/aromatic N) is 2. The fourth-order valence-corrected chi connectivity index (χ4v) is 2.48. The second kappa shape index (κ2) is 4.53. The van der Waals surface area contributed by atoms with Crippen molar-refractivity contribution < 1.29 is 4.79 Å². The van der Waals surface area contributed by atoms with Gasteiger partial charge in [0, 0.05) is 18.7 Å². The number of carbonyl (C=O) groups is 1. The van der Waals surface area contributed by atoms with E-state index in [4.69, 9.17) is 0 Å². The first-order valence-electron chi connectivity index (χ1n) is 6.58. The molecule has 3 rings (SSSR count). The zero-order valence-corrected chi connectivity index (χ0v) is 11.2. The Labute approximate surface area is 112 Å². The van der Waals surface area contributed by atoms with Crippen molar-refractivity contribution in [1.82, 2.24) is 9.55 Å². The predicted octanol–water partition coefficient (Wildman–Crippen LogP) is 2.80. The highest BCUT2D eigenvalue weighted by molar-refractivity contribution is 5.85. The molecular weight excluding hydrogens is 238 g/mol. The maximum atomic E-state index is 11.4. The van der Waals surface area contributed by atoms with E-state index in [2.05, 4.69) is 36.3 Å². The van der Waals surface area contributed by atoms with Crippen LogP contribution < -0.4 is 5.32 Å². The molecular formula is C15H17N3O. The van der Waals surface area contributed by atoms with Gasteiger partial charge in [-0.25, -0.2) is 4.98 Å². The number of fused-ring (bicyclic) bond motifs is 1. The number of imidazole rings is 1. The van der Waals surface area contributed by atoms with E-state index in [-0.39, 0.29) is 0 Å². The molecule has 1 aliphatic heterocycles. The van der Waals surface area contributed by atoms with Crippen molar-refractivity contribution in [3.05, 3.63) is 35.0 Å². The zero-order valence-electron chi connectivity index (χ0n) is 11.2. The summed E-state index contributed by atoms with van der Waals surface area (Å²) in [5.41, 5.74) is 4.92. The summed E-state index contributed by atoms with van der Waals surface area (Å²) in [6.07, 6.45) is 1.94. The molecule has 4 nitrogen and oxygen atoms in total. The van der Waals surface area contributed by atoms with Crippen LogP contribution >= 0.6 is 0 Å². The molecule has 1 aromatic carbocycles. The van der Waals surface area contributed by atoms with Gasteiger partial charge in [-0.1, -0.05) is 12.1 Å². The van der Waals surface area contributed by atoms with E-state index in [1.165, 1.54) is 11.1 Å². The van der Waals surface area contributed by atoms with Crippen LogP contribution in [0, 0.1) is 13.8 Å². The Balaban J connectivity index is 2.16. The molecule has 1 N–H and O–H groups in total. The lowest BCUT2D eigenvalue weighted by Gasteiger charge is -2.15. The first-order chi connectivity index (χ1) is 9.20. The second-order valence-corrected chi connectivity index (χ2v) is 5.02. The van der Waals surface area contributed by atoms with Gasteiger partial charge in [-0.3, -0.25) is 4.79 Å². The minimum atomic E-state index is 0.672. The third-order valence-corrected chi connectivity index (χ3v) is 3.74. The van der Waals surface area contributed by atoms with Crippen molar-refractivity contribution in [1.29, 1.82) is 0 Å². The molecule has 1 aliphatic rings. The number of carbonyl (C=O) groups excluding carboxylic acids is 1. The molecule has 0 spiro atoms. The second-order valence-electron chi connectivity index (χ2n) is 5.02. The van der Waals surface area contributed by atoms with Gasteiger partial charge >= 0.3 is 0 Å². The Hall–Kier alpha value is -2.10. The van der Waals surface area contributed by atoms with Crippen LogP contribution in [0.5, 0.6) is 0 Å². The Kier molecular flexibility index (Phi) is 2.85. The van der Waals surface area contributed by atoms with E-state index in [0.29, 0.717) is 5.69 Å². The predicted molar refractivity (Wildman–Crippen MR) is 75.6 cm³/mol. The third kappa shape index (κ3) is 1.93. The minimum absolute atomic E-state index is 0.672. The molecule has 0 bridgehead atoms. The molecule has 2 heterocycles. The standard InChI is InChI=1S/C15H17N3O/c1-10-4-5-12(8-11(10)2)14-13(9-19)18-7-3-6-16-15(18)17-14/h4-5,8-9H,3,6-7H2,1-2H3,(H,16,17). The number of aryl methyl sites for hydroxylation is 2. The molecule has 0 unspecified atom stereocenters. The number of hydrogen-bond donors (Lipinski definition) is 1. The quantitative estimate of drug-likeness (QED) is 0.839. The highest BCUT2D eigenvalue weighted by atomic mass is 16.1. The van der Waals surface area contributed by atoms with E-state index in [1.54, 1.807) is 0 Å². The maximum absolute atomic E-state index is 11.4. The van der Waals surface area contributed by atoms with Gasteiger partial charge in [0.05, 0.1) is 0 Å². The monoisotopic (exact) mass is 255 g/mol. The van der Waals surface area contributed by atoms with Crippen LogP contribution in [0.4, 0.5) is 5.95 Å². The summed E-state index contributed by atoms with van der Waals surface area (Å²) in [7, 11) is 0. The summed E-state index contributed by atoms with van der Waals surface area (Å²) in [4.78, 5) is 16.0. The van der Waals surface area contributed by atoms with Gasteiger partial charge in [-0.2, -0.15) is 0 Å². The van der Waals surface area contributed by atoms with Crippen LogP contribution in [0.2, 0.25) is 0 Å². The number of anilines is 1. The first-order valence-corrected chi connectivity index (χ1v) is 6.58. The summed E-state index contributed by atoms with van der Waals surface area (Å²) >= 11 is 0. The molecule has 0 saturated carbocycles. The maximum Gasteiger partial charge on any atom is 0.203 e.